The minimum atomic E-state index is -3.82. The molecule has 6 nitrogen and oxygen atoms in total. The van der Waals surface area contributed by atoms with Gasteiger partial charge in [0.25, 0.3) is 15.9 Å². The van der Waals surface area contributed by atoms with Gasteiger partial charge in [-0.2, -0.15) is 0 Å². The van der Waals surface area contributed by atoms with Crippen molar-refractivity contribution in [3.63, 3.8) is 0 Å². The third-order valence-electron chi connectivity index (χ3n) is 3.39. The summed E-state index contributed by atoms with van der Waals surface area (Å²) in [6.07, 6.45) is 2.18. The van der Waals surface area contributed by atoms with Crippen LogP contribution in [0.3, 0.4) is 0 Å². The van der Waals surface area contributed by atoms with Crippen molar-refractivity contribution in [1.82, 2.24) is 4.72 Å². The molecule has 1 aromatic heterocycles. The lowest BCUT2D eigenvalue weighted by molar-refractivity contribution is -0.133. The van der Waals surface area contributed by atoms with Crippen LogP contribution in [0.2, 0.25) is 0 Å². The van der Waals surface area contributed by atoms with E-state index in [0.29, 0.717) is 13.2 Å². The van der Waals surface area contributed by atoms with Crippen molar-refractivity contribution in [2.45, 2.75) is 49.5 Å². The van der Waals surface area contributed by atoms with E-state index in [9.17, 15) is 13.2 Å². The highest BCUT2D eigenvalue weighted by Gasteiger charge is 2.24. The summed E-state index contributed by atoms with van der Waals surface area (Å²) in [6, 6.07) is 3.18. The fraction of sp³-hybridized carbons (Fsp3) is 0.643. The molecule has 1 aliphatic heterocycles. The van der Waals surface area contributed by atoms with Gasteiger partial charge in [-0.1, -0.05) is 0 Å². The molecule has 0 aromatic carbocycles. The summed E-state index contributed by atoms with van der Waals surface area (Å²) in [6.45, 7) is 4.35. The van der Waals surface area contributed by atoms with Crippen molar-refractivity contribution < 1.29 is 22.7 Å². The number of thiophene rings is 1. The van der Waals surface area contributed by atoms with E-state index >= 15 is 0 Å². The number of rotatable bonds is 6. The Morgan fingerprint density at radius 2 is 2.27 bits per heavy atom. The number of hydrogen-bond acceptors (Lipinski definition) is 6. The van der Waals surface area contributed by atoms with Crippen LogP contribution in [0.25, 0.3) is 0 Å². The van der Waals surface area contributed by atoms with Crippen molar-refractivity contribution in [3.05, 3.63) is 17.0 Å². The maximum absolute atomic E-state index is 12.1. The van der Waals surface area contributed by atoms with E-state index < -0.39 is 22.0 Å². The number of nitrogens with one attached hydrogen (secondary N) is 1. The quantitative estimate of drug-likeness (QED) is 0.849. The molecule has 124 valence electrons. The Morgan fingerprint density at radius 3 is 2.86 bits per heavy atom. The maximum Gasteiger partial charge on any atom is 0.273 e. The Balaban J connectivity index is 1.85. The molecule has 1 fully saturated rings. The molecule has 22 heavy (non-hydrogen) atoms. The third kappa shape index (κ3) is 4.77. The number of sulfonamides is 1. The van der Waals surface area contributed by atoms with E-state index in [1.807, 2.05) is 0 Å². The average Bonchev–Trinajstić information content (AvgIpc) is 2.93. The van der Waals surface area contributed by atoms with Crippen LogP contribution in [0.5, 0.6) is 0 Å². The molecule has 1 aromatic rings. The molecule has 2 heterocycles. The minimum absolute atomic E-state index is 0.0134. The van der Waals surface area contributed by atoms with Crippen molar-refractivity contribution in [2.75, 3.05) is 13.2 Å². The monoisotopic (exact) mass is 347 g/mol. The van der Waals surface area contributed by atoms with Gasteiger partial charge in [0.2, 0.25) is 0 Å². The van der Waals surface area contributed by atoms with Gasteiger partial charge in [0.1, 0.15) is 10.3 Å². The van der Waals surface area contributed by atoms with Crippen LogP contribution in [-0.2, 0) is 24.3 Å². The van der Waals surface area contributed by atoms with Crippen molar-refractivity contribution >= 4 is 27.3 Å². The Hall–Kier alpha value is -0.960. The van der Waals surface area contributed by atoms with E-state index in [4.69, 9.17) is 9.47 Å². The fourth-order valence-corrected chi connectivity index (χ4v) is 4.41. The second-order valence-corrected chi connectivity index (χ2v) is 8.50. The largest absolute Gasteiger partial charge is 0.376 e. The summed E-state index contributed by atoms with van der Waals surface area (Å²) in [7, 11) is -3.82. The van der Waals surface area contributed by atoms with Crippen LogP contribution >= 0.6 is 11.3 Å². The average molecular weight is 347 g/mol. The lowest BCUT2D eigenvalue weighted by atomic mass is 10.1. The second-order valence-electron chi connectivity index (χ2n) is 5.30. The number of carbonyl (C=O) groups is 1. The smallest absolute Gasteiger partial charge is 0.273 e. The first-order valence-electron chi connectivity index (χ1n) is 7.25. The van der Waals surface area contributed by atoms with Crippen LogP contribution in [-0.4, -0.2) is 39.7 Å². The highest BCUT2D eigenvalue weighted by molar-refractivity contribution is 7.92. The molecule has 1 N–H and O–H groups in total. The Kier molecular flexibility index (Phi) is 5.96. The van der Waals surface area contributed by atoms with Crippen LogP contribution in [0.4, 0.5) is 0 Å². The summed E-state index contributed by atoms with van der Waals surface area (Å²) >= 11 is 1.12. The van der Waals surface area contributed by atoms with E-state index in [-0.39, 0.29) is 10.3 Å². The predicted molar refractivity (Wildman–Crippen MR) is 83.4 cm³/mol. The molecule has 0 bridgehead atoms. The lowest BCUT2D eigenvalue weighted by Crippen LogP contribution is -2.39. The first-order valence-corrected chi connectivity index (χ1v) is 9.55. The molecule has 2 atom stereocenters. The zero-order chi connectivity index (χ0) is 16.2. The van der Waals surface area contributed by atoms with Crippen molar-refractivity contribution in [2.24, 2.45) is 0 Å². The van der Waals surface area contributed by atoms with Gasteiger partial charge in [0.05, 0.1) is 12.7 Å². The van der Waals surface area contributed by atoms with E-state index in [2.05, 4.69) is 4.72 Å². The van der Waals surface area contributed by atoms with Gasteiger partial charge < -0.3 is 9.47 Å². The summed E-state index contributed by atoms with van der Waals surface area (Å²) in [4.78, 5) is 12.8. The van der Waals surface area contributed by atoms with E-state index in [0.717, 1.165) is 35.5 Å². The van der Waals surface area contributed by atoms with Crippen molar-refractivity contribution in [3.8, 4) is 0 Å². The van der Waals surface area contributed by atoms with Crippen LogP contribution in [0.1, 0.15) is 31.1 Å². The Bertz CT molecular complexity index is 605. The highest BCUT2D eigenvalue weighted by Crippen LogP contribution is 2.20. The predicted octanol–water partition coefficient (Wildman–Crippen LogP) is 1.84. The molecular weight excluding hydrogens is 326 g/mol. The second kappa shape index (κ2) is 7.54. The molecule has 0 aliphatic carbocycles. The molecule has 1 aliphatic rings. The minimum Gasteiger partial charge on any atom is -0.376 e. The van der Waals surface area contributed by atoms with Gasteiger partial charge in [-0.25, -0.2) is 13.1 Å². The fourth-order valence-electron chi connectivity index (χ4n) is 2.09. The molecule has 0 spiro atoms. The number of aryl methyl sites for hydroxylation is 1. The topological polar surface area (TPSA) is 81.7 Å². The molecule has 1 saturated heterocycles. The van der Waals surface area contributed by atoms with Crippen molar-refractivity contribution in [1.29, 1.82) is 0 Å². The van der Waals surface area contributed by atoms with Gasteiger partial charge in [0, 0.05) is 11.5 Å². The van der Waals surface area contributed by atoms with Crippen LogP contribution < -0.4 is 4.72 Å². The van der Waals surface area contributed by atoms with Crippen LogP contribution in [0.15, 0.2) is 16.3 Å². The molecule has 0 radical (unpaired) electrons. The van der Waals surface area contributed by atoms with Gasteiger partial charge >= 0.3 is 0 Å². The SMILES string of the molecule is Cc1ccc(S(=O)(=O)NC(=O)[C@H](C)OC[C@@H]2CCCCO2)s1. The lowest BCUT2D eigenvalue weighted by Gasteiger charge is -2.23. The summed E-state index contributed by atoms with van der Waals surface area (Å²) in [5, 5.41) is 0. The first kappa shape index (κ1) is 17.4. The molecule has 1 amide bonds. The highest BCUT2D eigenvalue weighted by atomic mass is 32.2. The van der Waals surface area contributed by atoms with Crippen LogP contribution in [0, 0.1) is 6.92 Å². The molecule has 0 unspecified atom stereocenters. The third-order valence-corrected chi connectivity index (χ3v) is 6.23. The number of ether oxygens (including phenoxy) is 2. The first-order chi connectivity index (χ1) is 10.4. The molecule has 2 rings (SSSR count). The number of amides is 1. The summed E-state index contributed by atoms with van der Waals surface area (Å²) in [5.41, 5.74) is 0. The summed E-state index contributed by atoms with van der Waals surface area (Å²) < 4.78 is 37.2. The van der Waals surface area contributed by atoms with Gasteiger partial charge in [-0.3, -0.25) is 4.79 Å². The van der Waals surface area contributed by atoms with E-state index in [1.165, 1.54) is 13.0 Å². The molecule has 0 saturated carbocycles. The zero-order valence-electron chi connectivity index (χ0n) is 12.7. The number of hydrogen-bond donors (Lipinski definition) is 1. The molecular formula is C14H21NO5S2. The van der Waals surface area contributed by atoms with Gasteiger partial charge in [0.15, 0.2) is 0 Å². The standard InChI is InChI=1S/C14H21NO5S2/c1-10-6-7-13(21-10)22(17,18)15-14(16)11(2)20-9-12-5-3-4-8-19-12/h6-7,11-12H,3-5,8-9H2,1-2H3,(H,15,16)/t11-,12-/m0/s1. The Labute approximate surface area is 134 Å². The number of carbonyl (C=O) groups excluding carboxylic acids is 1. The zero-order valence-corrected chi connectivity index (χ0v) is 14.3. The normalized spacial score (nSPS) is 20.5. The summed E-state index contributed by atoms with van der Waals surface area (Å²) in [5.74, 6) is -0.665. The maximum atomic E-state index is 12.1. The molecule has 8 heteroatoms. The van der Waals surface area contributed by atoms with Gasteiger partial charge in [-0.05, 0) is 45.2 Å². The van der Waals surface area contributed by atoms with Gasteiger partial charge in [-0.15, -0.1) is 11.3 Å². The van der Waals surface area contributed by atoms with E-state index in [1.54, 1.807) is 13.0 Å². The Morgan fingerprint density at radius 1 is 1.50 bits per heavy atom.